The van der Waals surface area contributed by atoms with Gasteiger partial charge in [0, 0.05) is 24.4 Å². The first-order chi connectivity index (χ1) is 9.00. The molecule has 0 bridgehead atoms. The van der Waals surface area contributed by atoms with E-state index in [1.54, 1.807) is 12.4 Å². The molecule has 1 aliphatic carbocycles. The van der Waals surface area contributed by atoms with Gasteiger partial charge in [0.25, 0.3) is 0 Å². The molecule has 1 aromatic rings. The van der Waals surface area contributed by atoms with Crippen molar-refractivity contribution in [1.29, 1.82) is 0 Å². The van der Waals surface area contributed by atoms with Crippen LogP contribution in [0, 0.1) is 5.41 Å². The number of carbonyl (C=O) groups excluding carboxylic acids is 1. The molecular formula is C15H22N2O2. The van der Waals surface area contributed by atoms with E-state index in [1.165, 1.54) is 0 Å². The lowest BCUT2D eigenvalue weighted by Crippen LogP contribution is -2.50. The summed E-state index contributed by atoms with van der Waals surface area (Å²) >= 11 is 0. The van der Waals surface area contributed by atoms with Crippen LogP contribution in [0.25, 0.3) is 0 Å². The largest absolute Gasteiger partial charge is 0.395 e. The number of aliphatic hydroxyl groups excluding tert-OH is 1. The molecule has 1 saturated carbocycles. The third-order valence-electron chi connectivity index (χ3n) is 4.25. The van der Waals surface area contributed by atoms with Gasteiger partial charge in [0.15, 0.2) is 0 Å². The number of rotatable bonds is 5. The van der Waals surface area contributed by atoms with Gasteiger partial charge in [0.2, 0.25) is 5.91 Å². The zero-order valence-electron chi connectivity index (χ0n) is 11.6. The van der Waals surface area contributed by atoms with Gasteiger partial charge in [0.1, 0.15) is 0 Å². The first kappa shape index (κ1) is 14.0. The molecule has 1 heterocycles. The summed E-state index contributed by atoms with van der Waals surface area (Å²) < 4.78 is 0. The van der Waals surface area contributed by atoms with Crippen LogP contribution in [-0.4, -0.2) is 29.1 Å². The van der Waals surface area contributed by atoms with Crippen molar-refractivity contribution in [2.45, 2.75) is 38.5 Å². The Morgan fingerprint density at radius 1 is 1.42 bits per heavy atom. The minimum Gasteiger partial charge on any atom is -0.395 e. The molecular weight excluding hydrogens is 240 g/mol. The van der Waals surface area contributed by atoms with E-state index in [0.29, 0.717) is 6.54 Å². The van der Waals surface area contributed by atoms with Crippen molar-refractivity contribution in [2.24, 2.45) is 5.41 Å². The molecule has 19 heavy (non-hydrogen) atoms. The Labute approximate surface area is 114 Å². The summed E-state index contributed by atoms with van der Waals surface area (Å²) in [4.78, 5) is 16.2. The van der Waals surface area contributed by atoms with Gasteiger partial charge in [-0.3, -0.25) is 9.78 Å². The summed E-state index contributed by atoms with van der Waals surface area (Å²) in [6.45, 7) is 4.70. The van der Waals surface area contributed by atoms with Gasteiger partial charge >= 0.3 is 0 Å². The summed E-state index contributed by atoms with van der Waals surface area (Å²) in [5.41, 5.74) is 0.488. The van der Waals surface area contributed by atoms with Crippen LogP contribution in [0.1, 0.15) is 38.7 Å². The number of pyridine rings is 1. The second-order valence-corrected chi connectivity index (χ2v) is 6.09. The summed E-state index contributed by atoms with van der Waals surface area (Å²) in [5.74, 6) is -0.0108. The maximum absolute atomic E-state index is 12.2. The fraction of sp³-hybridized carbons (Fsp3) is 0.600. The van der Waals surface area contributed by atoms with Crippen LogP contribution in [0.5, 0.6) is 0 Å². The van der Waals surface area contributed by atoms with Gasteiger partial charge in [-0.2, -0.15) is 0 Å². The van der Waals surface area contributed by atoms with Gasteiger partial charge in [-0.15, -0.1) is 0 Å². The van der Waals surface area contributed by atoms with E-state index in [0.717, 1.165) is 24.8 Å². The highest BCUT2D eigenvalue weighted by Crippen LogP contribution is 2.40. The van der Waals surface area contributed by atoms with Gasteiger partial charge in [-0.25, -0.2) is 0 Å². The van der Waals surface area contributed by atoms with Crippen LogP contribution >= 0.6 is 0 Å². The van der Waals surface area contributed by atoms with E-state index in [1.807, 2.05) is 12.1 Å². The zero-order chi connectivity index (χ0) is 13.9. The smallest absolute Gasteiger partial charge is 0.228 e. The number of hydrogen-bond acceptors (Lipinski definition) is 3. The average Bonchev–Trinajstić information content (AvgIpc) is 2.37. The summed E-state index contributed by atoms with van der Waals surface area (Å²) in [7, 11) is 0. The molecule has 1 aliphatic rings. The summed E-state index contributed by atoms with van der Waals surface area (Å²) in [6, 6.07) is 3.94. The van der Waals surface area contributed by atoms with Gasteiger partial charge in [0.05, 0.1) is 12.0 Å². The van der Waals surface area contributed by atoms with E-state index in [9.17, 15) is 9.90 Å². The lowest BCUT2D eigenvalue weighted by molar-refractivity contribution is -0.139. The van der Waals surface area contributed by atoms with Crippen molar-refractivity contribution in [1.82, 2.24) is 10.3 Å². The maximum Gasteiger partial charge on any atom is 0.228 e. The Kier molecular flexibility index (Phi) is 3.90. The predicted molar refractivity (Wildman–Crippen MR) is 73.6 cm³/mol. The SMILES string of the molecule is CC(C)(CNC(=O)C1(CO)CCC1)c1ccncc1. The van der Waals surface area contributed by atoms with E-state index >= 15 is 0 Å². The molecule has 1 fully saturated rings. The summed E-state index contributed by atoms with van der Waals surface area (Å²) in [6.07, 6.45) is 6.15. The average molecular weight is 262 g/mol. The lowest BCUT2D eigenvalue weighted by atomic mass is 9.68. The van der Waals surface area contributed by atoms with Crippen molar-refractivity contribution in [2.75, 3.05) is 13.2 Å². The Hall–Kier alpha value is -1.42. The first-order valence-electron chi connectivity index (χ1n) is 6.80. The standard InChI is InChI=1S/C15H22N2O2/c1-14(2,12-4-8-16-9-5-12)10-17-13(19)15(11-18)6-3-7-15/h4-5,8-9,18H,3,6-7,10-11H2,1-2H3,(H,17,19). The van der Waals surface area contributed by atoms with Crippen molar-refractivity contribution >= 4 is 5.91 Å². The Morgan fingerprint density at radius 3 is 2.53 bits per heavy atom. The highest BCUT2D eigenvalue weighted by Gasteiger charge is 2.43. The monoisotopic (exact) mass is 262 g/mol. The van der Waals surface area contributed by atoms with Crippen LogP contribution in [0.3, 0.4) is 0 Å². The van der Waals surface area contributed by atoms with Crippen molar-refractivity contribution < 1.29 is 9.90 Å². The molecule has 0 aromatic carbocycles. The fourth-order valence-electron chi connectivity index (χ4n) is 2.45. The molecule has 0 unspecified atom stereocenters. The minimum atomic E-state index is -0.520. The molecule has 0 saturated heterocycles. The van der Waals surface area contributed by atoms with E-state index in [-0.39, 0.29) is 17.9 Å². The minimum absolute atomic E-state index is 0.0108. The number of aliphatic hydroxyl groups is 1. The van der Waals surface area contributed by atoms with Gasteiger partial charge in [-0.1, -0.05) is 20.3 Å². The molecule has 2 N–H and O–H groups in total. The molecule has 104 valence electrons. The second kappa shape index (κ2) is 5.29. The van der Waals surface area contributed by atoms with Crippen molar-refractivity contribution in [3.8, 4) is 0 Å². The quantitative estimate of drug-likeness (QED) is 0.848. The fourth-order valence-corrected chi connectivity index (χ4v) is 2.45. The molecule has 4 heteroatoms. The van der Waals surface area contributed by atoms with Crippen molar-refractivity contribution in [3.05, 3.63) is 30.1 Å². The van der Waals surface area contributed by atoms with Crippen LogP contribution in [0.15, 0.2) is 24.5 Å². The number of nitrogens with one attached hydrogen (secondary N) is 1. The summed E-state index contributed by atoms with van der Waals surface area (Å²) in [5, 5.41) is 12.4. The predicted octanol–water partition coefficient (Wildman–Crippen LogP) is 1.64. The Bertz CT molecular complexity index is 433. The molecule has 0 radical (unpaired) electrons. The van der Waals surface area contributed by atoms with Gasteiger partial charge < -0.3 is 10.4 Å². The number of hydrogen-bond donors (Lipinski definition) is 2. The molecule has 2 rings (SSSR count). The number of aromatic nitrogens is 1. The number of nitrogens with zero attached hydrogens (tertiary/aromatic N) is 1. The molecule has 0 aliphatic heterocycles. The van der Waals surface area contributed by atoms with Crippen LogP contribution in [0.2, 0.25) is 0 Å². The van der Waals surface area contributed by atoms with Crippen LogP contribution < -0.4 is 5.32 Å². The molecule has 0 atom stereocenters. The zero-order valence-corrected chi connectivity index (χ0v) is 11.6. The Morgan fingerprint density at radius 2 is 2.05 bits per heavy atom. The van der Waals surface area contributed by atoms with E-state index < -0.39 is 5.41 Å². The molecule has 4 nitrogen and oxygen atoms in total. The first-order valence-corrected chi connectivity index (χ1v) is 6.80. The van der Waals surface area contributed by atoms with E-state index in [2.05, 4.69) is 24.1 Å². The molecule has 0 spiro atoms. The third kappa shape index (κ3) is 2.78. The second-order valence-electron chi connectivity index (χ2n) is 6.09. The van der Waals surface area contributed by atoms with E-state index in [4.69, 9.17) is 0 Å². The third-order valence-corrected chi connectivity index (χ3v) is 4.25. The maximum atomic E-state index is 12.2. The molecule has 1 aromatic heterocycles. The normalized spacial score (nSPS) is 17.6. The Balaban J connectivity index is 1.96. The van der Waals surface area contributed by atoms with Crippen LogP contribution in [-0.2, 0) is 10.2 Å². The highest BCUT2D eigenvalue weighted by molar-refractivity contribution is 5.83. The van der Waals surface area contributed by atoms with Crippen LogP contribution in [0.4, 0.5) is 0 Å². The topological polar surface area (TPSA) is 62.2 Å². The number of amides is 1. The lowest BCUT2D eigenvalue weighted by Gasteiger charge is -2.39. The molecule has 1 amide bonds. The highest BCUT2D eigenvalue weighted by atomic mass is 16.3. The van der Waals surface area contributed by atoms with Crippen molar-refractivity contribution in [3.63, 3.8) is 0 Å². The van der Waals surface area contributed by atoms with Gasteiger partial charge in [-0.05, 0) is 30.5 Å². The number of carbonyl (C=O) groups is 1.